The van der Waals surface area contributed by atoms with Crippen molar-refractivity contribution in [2.24, 2.45) is 0 Å². The highest BCUT2D eigenvalue weighted by molar-refractivity contribution is 5.83. The molecule has 1 aliphatic heterocycles. The minimum Gasteiger partial charge on any atom is -0.355 e. The number of aromatic nitrogens is 15. The van der Waals surface area contributed by atoms with Crippen LogP contribution in [-0.4, -0.2) is 113 Å². The summed E-state index contributed by atoms with van der Waals surface area (Å²) < 4.78 is 22.3. The van der Waals surface area contributed by atoms with Crippen LogP contribution in [0.5, 0.6) is 0 Å². The molecule has 24 heteroatoms. The number of hydrogen-bond donors (Lipinski definition) is 4. The maximum Gasteiger partial charge on any atom is 0.223 e. The van der Waals surface area contributed by atoms with Gasteiger partial charge >= 0.3 is 0 Å². The maximum absolute atomic E-state index is 5.62. The molecule has 0 aliphatic carbocycles. The summed E-state index contributed by atoms with van der Waals surface area (Å²) >= 11 is 0. The van der Waals surface area contributed by atoms with Gasteiger partial charge in [0.25, 0.3) is 0 Å². The molecule has 0 spiro atoms. The van der Waals surface area contributed by atoms with Gasteiger partial charge in [-0.3, -0.25) is 15.0 Å². The van der Waals surface area contributed by atoms with Gasteiger partial charge in [-0.2, -0.15) is 0 Å². The first kappa shape index (κ1) is 73.0. The van der Waals surface area contributed by atoms with Gasteiger partial charge in [-0.25, -0.2) is 39.9 Å². The minimum absolute atomic E-state index is 0.535. The Balaban J connectivity index is 0.000000127. The van der Waals surface area contributed by atoms with Crippen LogP contribution in [0.2, 0.25) is 0 Å². The minimum atomic E-state index is 0.535. The second-order valence-electron chi connectivity index (χ2n) is 25.5. The third kappa shape index (κ3) is 19.3. The van der Waals surface area contributed by atoms with E-state index in [-0.39, 0.29) is 0 Å². The highest BCUT2D eigenvalue weighted by Crippen LogP contribution is 2.38. The summed E-state index contributed by atoms with van der Waals surface area (Å²) in [6.45, 7) is 15.1. The Hall–Kier alpha value is -13.4. The van der Waals surface area contributed by atoms with Crippen LogP contribution >= 0.6 is 0 Å². The second-order valence-corrected chi connectivity index (χ2v) is 25.5. The zero-order valence-corrected chi connectivity index (χ0v) is 60.7. The summed E-state index contributed by atoms with van der Waals surface area (Å²) in [5.41, 5.74) is 16.8. The number of rotatable bonds is 23. The van der Waals surface area contributed by atoms with E-state index in [1.807, 2.05) is 228 Å². The number of likely N-dealkylation sites (tertiary alicyclic amines) is 1. The fourth-order valence-corrected chi connectivity index (χ4v) is 12.3. The fraction of sp³-hybridized carbons (Fsp3) is 0.202. The van der Waals surface area contributed by atoms with E-state index in [2.05, 4.69) is 104 Å². The number of piperidine rings is 1. The van der Waals surface area contributed by atoms with E-state index >= 15 is 0 Å². The SMILES string of the molecule is Cc1noc(-c2ccccc2)c1-c1ccnc(NCCCN2CCCCC2C)n1.Cc1noc(-c2ccccc2)c1-c1ccnc(NCCc2ccccn2)n1.Cc1noc(-c2ccccc2)c1-c1ccnc(NCc2ccccn2)n1.Cc1noc(-c2ccccc2)c1-c1ccnc(NCc2cccnc2)n1. The molecule has 4 N–H and O–H groups in total. The molecule has 0 saturated carbocycles. The molecule has 0 radical (unpaired) electrons. The Morgan fingerprint density at radius 2 is 0.759 bits per heavy atom. The topological polar surface area (TPSA) is 297 Å². The number of aryl methyl sites for hydroxylation is 4. The molecule has 0 bridgehead atoms. The van der Waals surface area contributed by atoms with Crippen LogP contribution in [0.25, 0.3) is 90.3 Å². The van der Waals surface area contributed by atoms with Gasteiger partial charge in [-0.15, -0.1) is 0 Å². The van der Waals surface area contributed by atoms with Crippen molar-refractivity contribution in [3.8, 4) is 90.3 Å². The van der Waals surface area contributed by atoms with E-state index in [1.54, 1.807) is 43.4 Å². The largest absolute Gasteiger partial charge is 0.355 e. The fourth-order valence-electron chi connectivity index (χ4n) is 12.3. The lowest BCUT2D eigenvalue weighted by Gasteiger charge is -2.33. The zero-order chi connectivity index (χ0) is 74.1. The molecular formula is C84H82N20O4. The van der Waals surface area contributed by atoms with Crippen LogP contribution in [0.1, 0.15) is 72.3 Å². The quantitative estimate of drug-likeness (QED) is 0.0433. The lowest BCUT2D eigenvalue weighted by Crippen LogP contribution is -2.38. The van der Waals surface area contributed by atoms with E-state index in [9.17, 15) is 0 Å². The van der Waals surface area contributed by atoms with Gasteiger partial charge in [-0.1, -0.05) is 167 Å². The first-order valence-corrected chi connectivity index (χ1v) is 35.9. The van der Waals surface area contributed by atoms with Crippen LogP contribution < -0.4 is 21.3 Å². The van der Waals surface area contributed by atoms with E-state index in [0.29, 0.717) is 66.8 Å². The summed E-state index contributed by atoms with van der Waals surface area (Å²) in [6, 6.07) is 63.5. The molecule has 0 amide bonds. The summed E-state index contributed by atoms with van der Waals surface area (Å²) in [6.07, 6.45) is 20.0. The van der Waals surface area contributed by atoms with Gasteiger partial charge in [0.1, 0.15) is 0 Å². The maximum atomic E-state index is 5.62. The Bertz CT molecular complexity index is 5080. The average molecular weight is 1440 g/mol. The number of hydrogen-bond acceptors (Lipinski definition) is 24. The number of pyridine rings is 3. The normalized spacial score (nSPS) is 12.5. The lowest BCUT2D eigenvalue weighted by atomic mass is 10.0. The third-order valence-corrected chi connectivity index (χ3v) is 17.8. The van der Waals surface area contributed by atoms with E-state index in [1.165, 1.54) is 25.8 Å². The van der Waals surface area contributed by atoms with E-state index < -0.39 is 0 Å². The Kier molecular flexibility index (Phi) is 24.9. The molecule has 1 atom stereocenters. The number of anilines is 4. The monoisotopic (exact) mass is 1430 g/mol. The predicted octanol–water partition coefficient (Wildman–Crippen LogP) is 17.2. The average Bonchev–Trinajstić information content (AvgIpc) is 1.66. The zero-order valence-electron chi connectivity index (χ0n) is 60.7. The molecule has 24 nitrogen and oxygen atoms in total. The van der Waals surface area contributed by atoms with Gasteiger partial charge < -0.3 is 44.3 Å². The van der Waals surface area contributed by atoms with Crippen LogP contribution in [-0.2, 0) is 19.5 Å². The summed E-state index contributed by atoms with van der Waals surface area (Å²) in [5.74, 6) is 5.17. The summed E-state index contributed by atoms with van der Waals surface area (Å²) in [4.78, 5) is 51.3. The molecule has 1 fully saturated rings. The molecule has 108 heavy (non-hydrogen) atoms. The highest BCUT2D eigenvalue weighted by Gasteiger charge is 2.24. The van der Waals surface area contributed by atoms with Gasteiger partial charge in [0.15, 0.2) is 23.0 Å². The number of nitrogens with zero attached hydrogens (tertiary/aromatic N) is 16. The lowest BCUT2D eigenvalue weighted by molar-refractivity contribution is 0.160. The summed E-state index contributed by atoms with van der Waals surface area (Å²) in [5, 5.41) is 29.6. The van der Waals surface area contributed by atoms with Crippen molar-refractivity contribution >= 4 is 23.8 Å². The van der Waals surface area contributed by atoms with Crippen molar-refractivity contribution in [2.75, 3.05) is 47.4 Å². The van der Waals surface area contributed by atoms with E-state index in [0.717, 1.165) is 139 Å². The third-order valence-electron chi connectivity index (χ3n) is 17.8. The van der Waals surface area contributed by atoms with E-state index in [4.69, 9.17) is 23.1 Å². The van der Waals surface area contributed by atoms with Crippen molar-refractivity contribution in [1.29, 1.82) is 0 Å². The van der Waals surface area contributed by atoms with Crippen LogP contribution in [0, 0.1) is 27.7 Å². The Labute approximate surface area is 626 Å². The number of benzene rings is 4. The Morgan fingerprint density at radius 1 is 0.370 bits per heavy atom. The van der Waals surface area contributed by atoms with Gasteiger partial charge in [-0.05, 0) is 121 Å². The smallest absolute Gasteiger partial charge is 0.223 e. The molecular weight excluding hydrogens is 1350 g/mol. The molecule has 16 rings (SSSR count). The van der Waals surface area contributed by atoms with Crippen molar-refractivity contribution < 1.29 is 18.1 Å². The first-order chi connectivity index (χ1) is 53.1. The van der Waals surface area contributed by atoms with Crippen LogP contribution in [0.4, 0.5) is 23.8 Å². The Morgan fingerprint density at radius 3 is 1.15 bits per heavy atom. The molecule has 1 aliphatic rings. The van der Waals surface area contributed by atoms with Crippen molar-refractivity contribution in [1.82, 2.24) is 80.4 Å². The molecule has 1 unspecified atom stereocenters. The second kappa shape index (κ2) is 36.9. The van der Waals surface area contributed by atoms with Crippen molar-refractivity contribution in [3.63, 3.8) is 0 Å². The summed E-state index contributed by atoms with van der Waals surface area (Å²) in [7, 11) is 0. The molecule has 542 valence electrons. The standard InChI is InChI=1S/C23H29N5O.C21H19N5O.2C20H17N5O/c1-17-9-6-7-15-28(17)16-8-13-24-23-25-14-12-20(26-23)21-18(2)27-29-22(21)19-10-4-3-5-11-19;1-15-19(20(27-26-15)16-7-3-2-4-8-16)18-11-14-24-21(25-18)23-13-10-17-9-5-6-12-22-17;1-14-18(19(26-25-14)16-7-3-2-4-8-16)17-9-11-22-20(24-17)23-13-15-6-5-10-21-12-15;1-14-18(19(26-25-14)15-7-3-2-4-8-15)17-10-12-22-20(24-17)23-13-16-9-5-6-11-21-16/h3-5,10-12,14,17H,6-9,13,15-16H2,1-2H3,(H,24,25,26);2-9,11-12,14H,10,13H2,1H3,(H,23,24,25);2*2-12H,13H2,1H3,(H,22,23,24). The first-order valence-electron chi connectivity index (χ1n) is 35.9. The van der Waals surface area contributed by atoms with Crippen LogP contribution in [0.15, 0.2) is 262 Å². The molecule has 12 heterocycles. The molecule has 1 saturated heterocycles. The molecule has 4 aromatic carbocycles. The highest BCUT2D eigenvalue weighted by atomic mass is 16.5. The number of nitrogens with one attached hydrogen (secondary N) is 4. The molecule has 11 aromatic heterocycles. The van der Waals surface area contributed by atoms with Gasteiger partial charge in [0.05, 0.1) is 80.0 Å². The molecule has 15 aromatic rings. The predicted molar refractivity (Wildman–Crippen MR) is 418 cm³/mol. The van der Waals surface area contributed by atoms with Crippen LogP contribution in [0.3, 0.4) is 0 Å². The van der Waals surface area contributed by atoms with Gasteiger partial charge in [0.2, 0.25) is 23.8 Å². The van der Waals surface area contributed by atoms with Crippen molar-refractivity contribution in [3.05, 3.63) is 283 Å². The van der Waals surface area contributed by atoms with Gasteiger partial charge in [0, 0.05) is 116 Å². The van der Waals surface area contributed by atoms with Crippen molar-refractivity contribution in [2.45, 2.75) is 85.9 Å².